The van der Waals surface area contributed by atoms with E-state index in [0.717, 1.165) is 38.4 Å². The van der Waals surface area contributed by atoms with E-state index in [0.29, 0.717) is 24.6 Å². The van der Waals surface area contributed by atoms with Gasteiger partial charge in [0.2, 0.25) is 5.95 Å². The first-order valence-electron chi connectivity index (χ1n) is 9.29. The normalized spacial score (nSPS) is 14.5. The van der Waals surface area contributed by atoms with Gasteiger partial charge in [0.1, 0.15) is 5.82 Å². The Balaban J connectivity index is 1.48. The van der Waals surface area contributed by atoms with Crippen LogP contribution in [-0.2, 0) is 0 Å². The standard InChI is InChI=1S/C19H27N7O/c1-24(2)9-5-8-21-19-22-14-16(15-23-19)18(27)26-12-10-25(11-13-26)17-6-3-4-7-20-17/h3-4,6-7,14-15H,5,8-13H2,1-2H3,(H,21,22,23). The van der Waals surface area contributed by atoms with Crippen LogP contribution in [0.3, 0.4) is 0 Å². The van der Waals surface area contributed by atoms with Crippen LogP contribution < -0.4 is 10.2 Å². The molecule has 2 aromatic heterocycles. The number of piperazine rings is 1. The number of nitrogens with one attached hydrogen (secondary N) is 1. The zero-order valence-corrected chi connectivity index (χ0v) is 16.0. The van der Waals surface area contributed by atoms with Crippen LogP contribution in [0.1, 0.15) is 16.8 Å². The summed E-state index contributed by atoms with van der Waals surface area (Å²) < 4.78 is 0. The van der Waals surface area contributed by atoms with Crippen LogP contribution in [-0.4, -0.2) is 84.0 Å². The summed E-state index contributed by atoms with van der Waals surface area (Å²) in [7, 11) is 4.10. The molecule has 0 atom stereocenters. The number of aromatic nitrogens is 3. The fourth-order valence-corrected chi connectivity index (χ4v) is 2.99. The number of rotatable bonds is 7. The largest absolute Gasteiger partial charge is 0.354 e. The first kappa shape index (κ1) is 19.0. The van der Waals surface area contributed by atoms with Crippen LogP contribution >= 0.6 is 0 Å². The Morgan fingerprint density at radius 2 is 1.85 bits per heavy atom. The highest BCUT2D eigenvalue weighted by Crippen LogP contribution is 2.14. The summed E-state index contributed by atoms with van der Waals surface area (Å²) in [5, 5.41) is 3.18. The van der Waals surface area contributed by atoms with E-state index in [-0.39, 0.29) is 5.91 Å². The van der Waals surface area contributed by atoms with Gasteiger partial charge in [0.15, 0.2) is 0 Å². The molecule has 1 N–H and O–H groups in total. The SMILES string of the molecule is CN(C)CCCNc1ncc(C(=O)N2CCN(c3ccccn3)CC2)cn1. The molecule has 0 saturated carbocycles. The van der Waals surface area contributed by atoms with Gasteiger partial charge < -0.3 is 20.0 Å². The average Bonchev–Trinajstić information content (AvgIpc) is 2.72. The minimum atomic E-state index is -0.0187. The Labute approximate surface area is 160 Å². The molecule has 1 saturated heterocycles. The van der Waals surface area contributed by atoms with Gasteiger partial charge in [-0.2, -0.15) is 0 Å². The molecule has 2 aromatic rings. The lowest BCUT2D eigenvalue weighted by atomic mass is 10.2. The average molecular weight is 369 g/mol. The Hall–Kier alpha value is -2.74. The molecule has 0 spiro atoms. The number of carbonyl (C=O) groups is 1. The van der Waals surface area contributed by atoms with E-state index in [1.54, 1.807) is 18.6 Å². The van der Waals surface area contributed by atoms with Gasteiger partial charge in [-0.15, -0.1) is 0 Å². The van der Waals surface area contributed by atoms with Crippen molar-refractivity contribution in [2.75, 3.05) is 63.6 Å². The van der Waals surface area contributed by atoms with E-state index in [9.17, 15) is 4.79 Å². The summed E-state index contributed by atoms with van der Waals surface area (Å²) >= 11 is 0. The zero-order chi connectivity index (χ0) is 19.1. The van der Waals surface area contributed by atoms with Crippen molar-refractivity contribution in [1.82, 2.24) is 24.8 Å². The van der Waals surface area contributed by atoms with Gasteiger partial charge in [0, 0.05) is 51.3 Å². The maximum atomic E-state index is 12.7. The maximum absolute atomic E-state index is 12.7. The maximum Gasteiger partial charge on any atom is 0.257 e. The second-order valence-electron chi connectivity index (χ2n) is 6.85. The monoisotopic (exact) mass is 369 g/mol. The Kier molecular flexibility index (Phi) is 6.54. The van der Waals surface area contributed by atoms with Gasteiger partial charge in [-0.05, 0) is 39.2 Å². The number of amides is 1. The first-order chi connectivity index (χ1) is 13.1. The van der Waals surface area contributed by atoms with Gasteiger partial charge >= 0.3 is 0 Å². The Morgan fingerprint density at radius 1 is 1.11 bits per heavy atom. The summed E-state index contributed by atoms with van der Waals surface area (Å²) in [5.74, 6) is 1.50. The minimum Gasteiger partial charge on any atom is -0.354 e. The van der Waals surface area contributed by atoms with Gasteiger partial charge in [-0.3, -0.25) is 4.79 Å². The first-order valence-corrected chi connectivity index (χ1v) is 9.29. The molecule has 0 bridgehead atoms. The molecule has 1 aliphatic rings. The molecule has 8 nitrogen and oxygen atoms in total. The van der Waals surface area contributed by atoms with Crippen LogP contribution in [0.2, 0.25) is 0 Å². The van der Waals surface area contributed by atoms with Crippen molar-refractivity contribution in [3.8, 4) is 0 Å². The molecule has 1 amide bonds. The molecule has 0 aliphatic carbocycles. The number of carbonyl (C=O) groups excluding carboxylic acids is 1. The second-order valence-corrected chi connectivity index (χ2v) is 6.85. The summed E-state index contributed by atoms with van der Waals surface area (Å²) in [5.41, 5.74) is 0.528. The highest BCUT2D eigenvalue weighted by molar-refractivity contribution is 5.93. The van der Waals surface area contributed by atoms with Gasteiger partial charge in [-0.25, -0.2) is 15.0 Å². The third-order valence-corrected chi connectivity index (χ3v) is 4.50. The van der Waals surface area contributed by atoms with Crippen molar-refractivity contribution < 1.29 is 4.79 Å². The van der Waals surface area contributed by atoms with Crippen molar-refractivity contribution in [2.45, 2.75) is 6.42 Å². The molecular weight excluding hydrogens is 342 g/mol. The predicted molar refractivity (Wildman–Crippen MR) is 106 cm³/mol. The molecule has 0 radical (unpaired) electrons. The highest BCUT2D eigenvalue weighted by Gasteiger charge is 2.23. The van der Waals surface area contributed by atoms with Gasteiger partial charge in [0.25, 0.3) is 5.91 Å². The lowest BCUT2D eigenvalue weighted by molar-refractivity contribution is 0.0745. The molecule has 8 heteroatoms. The molecule has 1 fully saturated rings. The molecule has 27 heavy (non-hydrogen) atoms. The molecule has 144 valence electrons. The number of hydrogen-bond acceptors (Lipinski definition) is 7. The van der Waals surface area contributed by atoms with Crippen LogP contribution in [0.4, 0.5) is 11.8 Å². The number of nitrogens with zero attached hydrogens (tertiary/aromatic N) is 6. The summed E-state index contributed by atoms with van der Waals surface area (Å²) in [6.45, 7) is 4.69. The van der Waals surface area contributed by atoms with E-state index in [1.165, 1.54) is 0 Å². The Bertz CT molecular complexity index is 713. The lowest BCUT2D eigenvalue weighted by Gasteiger charge is -2.35. The van der Waals surface area contributed by atoms with Gasteiger partial charge in [0.05, 0.1) is 5.56 Å². The summed E-state index contributed by atoms with van der Waals surface area (Å²) in [4.78, 5) is 31.8. The molecular formula is C19H27N7O. The predicted octanol–water partition coefficient (Wildman–Crippen LogP) is 1.20. The van der Waals surface area contributed by atoms with E-state index in [4.69, 9.17) is 0 Å². The van der Waals surface area contributed by atoms with Crippen molar-refractivity contribution in [3.05, 3.63) is 42.4 Å². The molecule has 0 aromatic carbocycles. The third-order valence-electron chi connectivity index (χ3n) is 4.50. The van der Waals surface area contributed by atoms with E-state index in [1.807, 2.05) is 37.2 Å². The molecule has 1 aliphatic heterocycles. The number of pyridine rings is 1. The van der Waals surface area contributed by atoms with Gasteiger partial charge in [-0.1, -0.05) is 6.07 Å². The number of hydrogen-bond donors (Lipinski definition) is 1. The zero-order valence-electron chi connectivity index (χ0n) is 16.0. The fourth-order valence-electron chi connectivity index (χ4n) is 2.99. The quantitative estimate of drug-likeness (QED) is 0.735. The smallest absolute Gasteiger partial charge is 0.257 e. The van der Waals surface area contributed by atoms with Crippen molar-refractivity contribution in [2.24, 2.45) is 0 Å². The fraction of sp³-hybridized carbons (Fsp3) is 0.474. The lowest BCUT2D eigenvalue weighted by Crippen LogP contribution is -2.49. The van der Waals surface area contributed by atoms with Crippen molar-refractivity contribution in [1.29, 1.82) is 0 Å². The van der Waals surface area contributed by atoms with E-state index < -0.39 is 0 Å². The Morgan fingerprint density at radius 3 is 2.48 bits per heavy atom. The summed E-state index contributed by atoms with van der Waals surface area (Å²) in [6, 6.07) is 5.88. The third kappa shape index (κ3) is 5.37. The van der Waals surface area contributed by atoms with Crippen molar-refractivity contribution >= 4 is 17.7 Å². The van der Waals surface area contributed by atoms with Crippen LogP contribution in [0.15, 0.2) is 36.8 Å². The van der Waals surface area contributed by atoms with Crippen LogP contribution in [0.5, 0.6) is 0 Å². The molecule has 0 unspecified atom stereocenters. The van der Waals surface area contributed by atoms with E-state index in [2.05, 4.69) is 30.1 Å². The molecule has 3 rings (SSSR count). The number of anilines is 2. The van der Waals surface area contributed by atoms with Crippen LogP contribution in [0, 0.1) is 0 Å². The van der Waals surface area contributed by atoms with Crippen LogP contribution in [0.25, 0.3) is 0 Å². The molecule has 3 heterocycles. The van der Waals surface area contributed by atoms with Crippen molar-refractivity contribution in [3.63, 3.8) is 0 Å². The summed E-state index contributed by atoms with van der Waals surface area (Å²) in [6.07, 6.45) is 6.02. The second kappa shape index (κ2) is 9.27. The topological polar surface area (TPSA) is 77.5 Å². The highest BCUT2D eigenvalue weighted by atomic mass is 16.2. The van der Waals surface area contributed by atoms with E-state index >= 15 is 0 Å². The minimum absolute atomic E-state index is 0.0187.